The zero-order chi connectivity index (χ0) is 13.3. The lowest BCUT2D eigenvalue weighted by molar-refractivity contribution is 0.0530. The maximum Gasteiger partial charge on any atom is 0.342 e. The Hall–Kier alpha value is -2.50. The van der Waals surface area contributed by atoms with E-state index in [1.54, 1.807) is 31.3 Å². The average Bonchev–Trinajstić information content (AvgIpc) is 2.61. The minimum Gasteiger partial charge on any atom is -0.462 e. The summed E-state index contributed by atoms with van der Waals surface area (Å²) in [6.45, 7) is 1.93. The number of amides is 1. The van der Waals surface area contributed by atoms with Gasteiger partial charge < -0.3 is 20.6 Å². The highest BCUT2D eigenvalue weighted by molar-refractivity contribution is 6.10. The number of pyridine rings is 1. The molecule has 0 aromatic carbocycles. The number of ether oxygens (including phenoxy) is 1. The van der Waals surface area contributed by atoms with Crippen LogP contribution in [0.1, 0.15) is 27.8 Å². The van der Waals surface area contributed by atoms with Gasteiger partial charge in [0.2, 0.25) is 0 Å². The highest BCUT2D eigenvalue weighted by Gasteiger charge is 2.24. The maximum absolute atomic E-state index is 11.8. The van der Waals surface area contributed by atoms with Gasteiger partial charge in [-0.15, -0.1) is 0 Å². The fourth-order valence-electron chi connectivity index (χ4n) is 1.90. The second kappa shape index (κ2) is 4.40. The Kier molecular flexibility index (Phi) is 2.93. The number of anilines is 1. The molecule has 4 N–H and O–H groups in total. The summed E-state index contributed by atoms with van der Waals surface area (Å²) >= 11 is 0. The van der Waals surface area contributed by atoms with Crippen LogP contribution in [0.5, 0.6) is 0 Å². The number of esters is 1. The highest BCUT2D eigenvalue weighted by Crippen LogP contribution is 2.26. The minimum atomic E-state index is -0.691. The summed E-state index contributed by atoms with van der Waals surface area (Å²) in [5.74, 6) is -1.25. The quantitative estimate of drug-likeness (QED) is 0.783. The highest BCUT2D eigenvalue weighted by atomic mass is 16.5. The molecule has 0 aliphatic rings. The summed E-state index contributed by atoms with van der Waals surface area (Å²) < 4.78 is 6.42. The van der Waals surface area contributed by atoms with E-state index in [9.17, 15) is 9.59 Å². The summed E-state index contributed by atoms with van der Waals surface area (Å²) in [4.78, 5) is 23.2. The van der Waals surface area contributed by atoms with Crippen molar-refractivity contribution in [3.8, 4) is 0 Å². The van der Waals surface area contributed by atoms with Crippen molar-refractivity contribution in [2.45, 2.75) is 6.92 Å². The Bertz CT molecular complexity index is 631. The number of fused-ring (bicyclic) bond motifs is 1. The fourth-order valence-corrected chi connectivity index (χ4v) is 1.90. The van der Waals surface area contributed by atoms with E-state index < -0.39 is 11.9 Å². The van der Waals surface area contributed by atoms with Crippen molar-refractivity contribution in [1.82, 2.24) is 4.40 Å². The third-order valence-electron chi connectivity index (χ3n) is 2.59. The van der Waals surface area contributed by atoms with Gasteiger partial charge in [-0.1, -0.05) is 6.07 Å². The van der Waals surface area contributed by atoms with Crippen molar-refractivity contribution in [3.05, 3.63) is 35.7 Å². The molecule has 0 atom stereocenters. The van der Waals surface area contributed by atoms with Gasteiger partial charge in [-0.25, -0.2) is 4.79 Å². The van der Waals surface area contributed by atoms with Crippen LogP contribution in [0.25, 0.3) is 5.52 Å². The smallest absolute Gasteiger partial charge is 0.342 e. The first-order valence-corrected chi connectivity index (χ1v) is 5.43. The van der Waals surface area contributed by atoms with Gasteiger partial charge in [0.05, 0.1) is 17.8 Å². The Morgan fingerprint density at radius 1 is 1.39 bits per heavy atom. The Labute approximate surface area is 103 Å². The van der Waals surface area contributed by atoms with Gasteiger partial charge >= 0.3 is 5.97 Å². The van der Waals surface area contributed by atoms with Crippen molar-refractivity contribution < 1.29 is 14.3 Å². The molecule has 0 radical (unpaired) electrons. The number of hydrogen-bond donors (Lipinski definition) is 2. The van der Waals surface area contributed by atoms with Gasteiger partial charge in [0.15, 0.2) is 0 Å². The summed E-state index contributed by atoms with van der Waals surface area (Å²) in [5.41, 5.74) is 11.9. The van der Waals surface area contributed by atoms with Crippen LogP contribution < -0.4 is 11.5 Å². The normalized spacial score (nSPS) is 10.5. The first-order chi connectivity index (χ1) is 8.57. The van der Waals surface area contributed by atoms with Crippen LogP contribution in [0, 0.1) is 0 Å². The second-order valence-electron chi connectivity index (χ2n) is 3.68. The van der Waals surface area contributed by atoms with Crippen LogP contribution in [0.4, 0.5) is 5.69 Å². The lowest BCUT2D eigenvalue weighted by Crippen LogP contribution is -2.16. The molecule has 0 aliphatic heterocycles. The van der Waals surface area contributed by atoms with E-state index in [2.05, 4.69) is 0 Å². The molecule has 0 saturated heterocycles. The number of nitrogens with two attached hydrogens (primary N) is 2. The lowest BCUT2D eigenvalue weighted by atomic mass is 10.2. The molecular formula is C12H13N3O3. The van der Waals surface area contributed by atoms with Crippen molar-refractivity contribution in [1.29, 1.82) is 0 Å². The first kappa shape index (κ1) is 12.0. The van der Waals surface area contributed by atoms with E-state index in [4.69, 9.17) is 16.2 Å². The summed E-state index contributed by atoms with van der Waals surface area (Å²) in [5, 5.41) is 0. The van der Waals surface area contributed by atoms with Crippen LogP contribution >= 0.6 is 0 Å². The number of carbonyl (C=O) groups excluding carboxylic acids is 2. The molecule has 2 rings (SSSR count). The zero-order valence-electron chi connectivity index (χ0n) is 9.84. The molecule has 6 nitrogen and oxygen atoms in total. The average molecular weight is 247 g/mol. The third-order valence-corrected chi connectivity index (χ3v) is 2.59. The van der Waals surface area contributed by atoms with Gasteiger partial charge in [-0.2, -0.15) is 0 Å². The Morgan fingerprint density at radius 3 is 2.72 bits per heavy atom. The number of nitrogen functional groups attached to an aromatic ring is 1. The van der Waals surface area contributed by atoms with Gasteiger partial charge in [-0.3, -0.25) is 4.79 Å². The summed E-state index contributed by atoms with van der Waals surface area (Å²) in [7, 11) is 0. The van der Waals surface area contributed by atoms with Gasteiger partial charge in [-0.05, 0) is 19.1 Å². The molecule has 0 spiro atoms. The lowest BCUT2D eigenvalue weighted by Gasteiger charge is -2.01. The molecule has 6 heteroatoms. The van der Waals surface area contributed by atoms with Crippen LogP contribution in [-0.2, 0) is 4.74 Å². The van der Waals surface area contributed by atoms with Crippen LogP contribution in [-0.4, -0.2) is 22.9 Å². The monoisotopic (exact) mass is 247 g/mol. The summed E-state index contributed by atoms with van der Waals surface area (Å²) in [6.07, 6.45) is 1.62. The van der Waals surface area contributed by atoms with Gasteiger partial charge in [0.1, 0.15) is 11.3 Å². The molecule has 0 saturated carbocycles. The van der Waals surface area contributed by atoms with E-state index in [0.717, 1.165) is 0 Å². The van der Waals surface area contributed by atoms with Crippen molar-refractivity contribution >= 4 is 23.1 Å². The van der Waals surface area contributed by atoms with Crippen molar-refractivity contribution in [2.75, 3.05) is 12.3 Å². The van der Waals surface area contributed by atoms with Crippen LogP contribution in [0.3, 0.4) is 0 Å². The second-order valence-corrected chi connectivity index (χ2v) is 3.68. The molecule has 0 unspecified atom stereocenters. The third kappa shape index (κ3) is 1.67. The Balaban J connectivity index is 2.77. The van der Waals surface area contributed by atoms with E-state index in [1.807, 2.05) is 0 Å². The van der Waals surface area contributed by atoms with Crippen LogP contribution in [0.2, 0.25) is 0 Å². The largest absolute Gasteiger partial charge is 0.462 e. The molecule has 18 heavy (non-hydrogen) atoms. The molecular weight excluding hydrogens is 234 g/mol. The predicted octanol–water partition coefficient (Wildman–Crippen LogP) is 0.797. The number of aromatic nitrogens is 1. The molecule has 2 heterocycles. The maximum atomic E-state index is 11.8. The standard InChI is InChI=1S/C12H13N3O3/c1-2-18-12(17)8-7-5-3-4-6-15(7)10(9(8)13)11(14)16/h3-6H,2,13H2,1H3,(H2,14,16). The number of primary amides is 1. The van der Waals surface area contributed by atoms with E-state index in [1.165, 1.54) is 4.40 Å². The van der Waals surface area contributed by atoms with E-state index in [0.29, 0.717) is 5.52 Å². The Morgan fingerprint density at radius 2 is 2.11 bits per heavy atom. The number of carbonyl (C=O) groups is 2. The molecule has 2 aromatic rings. The van der Waals surface area contributed by atoms with Crippen LogP contribution in [0.15, 0.2) is 24.4 Å². The zero-order valence-corrected chi connectivity index (χ0v) is 9.84. The van der Waals surface area contributed by atoms with Gasteiger partial charge in [0, 0.05) is 6.20 Å². The molecule has 0 fully saturated rings. The molecule has 94 valence electrons. The molecule has 0 bridgehead atoms. The number of hydrogen-bond acceptors (Lipinski definition) is 4. The number of nitrogens with zero attached hydrogens (tertiary/aromatic N) is 1. The van der Waals surface area contributed by atoms with Crippen molar-refractivity contribution in [3.63, 3.8) is 0 Å². The topological polar surface area (TPSA) is 99.8 Å². The van der Waals surface area contributed by atoms with E-state index >= 15 is 0 Å². The summed E-state index contributed by atoms with van der Waals surface area (Å²) in [6, 6.07) is 5.13. The SMILES string of the molecule is CCOC(=O)c1c(N)c(C(N)=O)n2ccccc12. The van der Waals surface area contributed by atoms with E-state index in [-0.39, 0.29) is 23.6 Å². The van der Waals surface area contributed by atoms with Gasteiger partial charge in [0.25, 0.3) is 5.91 Å². The number of rotatable bonds is 3. The fraction of sp³-hybridized carbons (Fsp3) is 0.167. The predicted molar refractivity (Wildman–Crippen MR) is 66.3 cm³/mol. The van der Waals surface area contributed by atoms with Crippen molar-refractivity contribution in [2.24, 2.45) is 5.73 Å². The molecule has 0 aliphatic carbocycles. The first-order valence-electron chi connectivity index (χ1n) is 5.43. The molecule has 2 aromatic heterocycles. The minimum absolute atomic E-state index is 0.0483. The molecule has 1 amide bonds.